The van der Waals surface area contributed by atoms with E-state index in [0.717, 1.165) is 16.7 Å². The van der Waals surface area contributed by atoms with Gasteiger partial charge in [-0.15, -0.1) is 11.3 Å². The number of urea groups is 1. The van der Waals surface area contributed by atoms with Crippen molar-refractivity contribution in [2.75, 3.05) is 45.9 Å². The summed E-state index contributed by atoms with van der Waals surface area (Å²) in [6.45, 7) is 3.49. The van der Waals surface area contributed by atoms with E-state index in [1.54, 1.807) is 30.5 Å². The Labute approximate surface area is 286 Å². The molecule has 0 bridgehead atoms. The van der Waals surface area contributed by atoms with Crippen molar-refractivity contribution in [3.05, 3.63) is 63.5 Å². The number of thiazole rings is 1. The fourth-order valence-corrected chi connectivity index (χ4v) is 6.08. The summed E-state index contributed by atoms with van der Waals surface area (Å²) in [7, 11) is 2.96. The molecule has 4 heterocycles. The lowest BCUT2D eigenvalue weighted by molar-refractivity contribution is -0.140. The minimum atomic E-state index is -4.70. The molecule has 1 aliphatic heterocycles. The number of nitrogens with zero attached hydrogens (tertiary/aromatic N) is 3. The van der Waals surface area contributed by atoms with E-state index in [9.17, 15) is 32.3 Å². The maximum atomic E-state index is 14.0. The van der Waals surface area contributed by atoms with Gasteiger partial charge in [0.1, 0.15) is 29.1 Å². The highest BCUT2D eigenvalue weighted by Crippen LogP contribution is 2.39. The van der Waals surface area contributed by atoms with E-state index < -0.39 is 53.7 Å². The molecule has 2 N–H and O–H groups in total. The van der Waals surface area contributed by atoms with Crippen molar-refractivity contribution in [2.24, 2.45) is 0 Å². The van der Waals surface area contributed by atoms with Gasteiger partial charge in [-0.3, -0.25) is 10.1 Å². The Balaban J connectivity index is 1.65. The molecule has 0 spiro atoms. The molecular formula is C32H32F3N5O9S. The number of methoxy groups -OCH3 is 2. The van der Waals surface area contributed by atoms with Crippen LogP contribution in [0, 0.1) is 0 Å². The molecule has 2 atom stereocenters. The molecule has 0 aliphatic carbocycles. The molecule has 2 amide bonds. The van der Waals surface area contributed by atoms with E-state index >= 15 is 0 Å². The number of anilines is 1. The zero-order valence-electron chi connectivity index (χ0n) is 27.2. The average molecular weight is 720 g/mol. The summed E-state index contributed by atoms with van der Waals surface area (Å²) in [5.74, 6) is -0.952. The molecule has 1 fully saturated rings. The first-order chi connectivity index (χ1) is 23.8. The molecule has 5 rings (SSSR count). The van der Waals surface area contributed by atoms with Gasteiger partial charge in [0.05, 0.1) is 24.8 Å². The van der Waals surface area contributed by atoms with Crippen LogP contribution in [-0.4, -0.2) is 85.5 Å². The lowest BCUT2D eigenvalue weighted by Crippen LogP contribution is -2.30. The van der Waals surface area contributed by atoms with Gasteiger partial charge in [0, 0.05) is 55.1 Å². The zero-order valence-corrected chi connectivity index (χ0v) is 28.0. The third-order valence-electron chi connectivity index (χ3n) is 7.61. The van der Waals surface area contributed by atoms with E-state index in [2.05, 4.69) is 20.6 Å². The van der Waals surface area contributed by atoms with Crippen LogP contribution >= 0.6 is 11.3 Å². The van der Waals surface area contributed by atoms with Crippen LogP contribution in [0.25, 0.3) is 32.6 Å². The second-order valence-electron chi connectivity index (χ2n) is 11.0. The molecular weight excluding hydrogens is 687 g/mol. The minimum absolute atomic E-state index is 0.0189. The van der Waals surface area contributed by atoms with Gasteiger partial charge in [-0.1, -0.05) is 6.07 Å². The number of esters is 1. The Morgan fingerprint density at radius 1 is 1.10 bits per heavy atom. The zero-order chi connectivity index (χ0) is 36.2. The molecule has 2 unspecified atom stereocenters. The number of ether oxygens (including phenoxy) is 5. The smallest absolute Gasteiger partial charge is 0.458 e. The second-order valence-corrected chi connectivity index (χ2v) is 11.9. The average Bonchev–Trinajstić information content (AvgIpc) is 3.70. The summed E-state index contributed by atoms with van der Waals surface area (Å²) < 4.78 is 68.3. The Kier molecular flexibility index (Phi) is 11.0. The minimum Gasteiger partial charge on any atom is -0.458 e. The Hall–Kier alpha value is -5.07. The Morgan fingerprint density at radius 3 is 2.46 bits per heavy atom. The van der Waals surface area contributed by atoms with Crippen molar-refractivity contribution in [1.29, 1.82) is 0 Å². The number of benzene rings is 1. The van der Waals surface area contributed by atoms with Crippen molar-refractivity contribution in [3.8, 4) is 21.7 Å². The van der Waals surface area contributed by atoms with Gasteiger partial charge in [-0.25, -0.2) is 24.4 Å². The number of hydrogen-bond acceptors (Lipinski definition) is 12. The topological polar surface area (TPSA) is 169 Å². The number of carbonyl (C=O) groups excluding carboxylic acids is 3. The summed E-state index contributed by atoms with van der Waals surface area (Å²) in [5.41, 5.74) is -0.931. The van der Waals surface area contributed by atoms with Gasteiger partial charge in [-0.05, 0) is 37.6 Å². The predicted molar refractivity (Wildman–Crippen MR) is 174 cm³/mol. The number of alkyl halides is 3. The number of pyridine rings is 2. The maximum Gasteiger partial charge on any atom is 0.509 e. The summed E-state index contributed by atoms with van der Waals surface area (Å²) in [6, 6.07) is 5.03. The maximum absolute atomic E-state index is 14.0. The molecule has 1 aliphatic rings. The van der Waals surface area contributed by atoms with Gasteiger partial charge in [0.15, 0.2) is 11.8 Å². The first-order valence-corrected chi connectivity index (χ1v) is 16.0. The van der Waals surface area contributed by atoms with Crippen LogP contribution in [0.4, 0.5) is 28.6 Å². The molecule has 0 radical (unpaired) electrons. The summed E-state index contributed by atoms with van der Waals surface area (Å²) in [6.07, 6.45) is -4.50. The number of cyclic esters (lactones) is 2. The number of aromatic nitrogens is 3. The van der Waals surface area contributed by atoms with E-state index in [0.29, 0.717) is 17.6 Å². The third kappa shape index (κ3) is 7.87. The van der Waals surface area contributed by atoms with Crippen LogP contribution in [0.2, 0.25) is 0 Å². The van der Waals surface area contributed by atoms with Gasteiger partial charge in [0.2, 0.25) is 5.43 Å². The number of fused-ring (bicyclic) bond motifs is 1. The highest BCUT2D eigenvalue weighted by molar-refractivity contribution is 7.13. The van der Waals surface area contributed by atoms with Crippen molar-refractivity contribution in [1.82, 2.24) is 19.9 Å². The first-order valence-electron chi connectivity index (χ1n) is 15.1. The lowest BCUT2D eigenvalue weighted by Gasteiger charge is -2.23. The van der Waals surface area contributed by atoms with Crippen molar-refractivity contribution in [2.45, 2.75) is 38.3 Å². The van der Waals surface area contributed by atoms with Crippen LogP contribution < -0.4 is 16.1 Å². The van der Waals surface area contributed by atoms with E-state index in [1.165, 1.54) is 38.7 Å². The Morgan fingerprint density at radius 2 is 1.84 bits per heavy atom. The largest absolute Gasteiger partial charge is 0.509 e. The molecule has 50 heavy (non-hydrogen) atoms. The van der Waals surface area contributed by atoms with E-state index in [-0.39, 0.29) is 52.7 Å². The fraction of sp³-hybridized carbons (Fsp3) is 0.375. The number of hydrogen-bond donors (Lipinski definition) is 2. The Bertz CT molecular complexity index is 1960. The van der Waals surface area contributed by atoms with Crippen LogP contribution in [0.15, 0.2) is 46.8 Å². The molecule has 4 aromatic rings. The van der Waals surface area contributed by atoms with Gasteiger partial charge in [-0.2, -0.15) is 13.2 Å². The van der Waals surface area contributed by atoms with Crippen molar-refractivity contribution in [3.63, 3.8) is 0 Å². The third-order valence-corrected chi connectivity index (χ3v) is 8.49. The molecule has 1 saturated heterocycles. The molecule has 1 aromatic carbocycles. The first kappa shape index (κ1) is 36.2. The monoisotopic (exact) mass is 719 g/mol. The van der Waals surface area contributed by atoms with Crippen LogP contribution in [0.5, 0.6) is 0 Å². The van der Waals surface area contributed by atoms with Crippen LogP contribution in [-0.2, 0) is 29.9 Å². The second kappa shape index (κ2) is 15.2. The number of carbonyl (C=O) groups is 3. The van der Waals surface area contributed by atoms with Crippen LogP contribution in [0.1, 0.15) is 35.9 Å². The molecule has 18 heteroatoms. The lowest BCUT2D eigenvalue weighted by atomic mass is 9.99. The highest BCUT2D eigenvalue weighted by Gasteiger charge is 2.35. The standard InChI is InChI=1S/C32H32F3N5O9S/c1-5-36-30(43)39-26-9-19(28-38-25(15-50-28)32(33,34)35)21(10-37-26)17-6-7-23-20(8-17)27(41)22(11-40(23)18(12-45-3)13-46-4)29(42)47-14-24-16(2)48-31(44)49-24/h6-11,15-16,18,24H,5,12-14H2,1-4H3,(H2,36,37,39,43). The molecule has 14 nitrogen and oxygen atoms in total. The van der Waals surface area contributed by atoms with Gasteiger partial charge in [0.25, 0.3) is 0 Å². The molecule has 266 valence electrons. The SMILES string of the molecule is CCNC(=O)Nc1cc(-c2nc(C(F)(F)F)cs2)c(-c2ccc3c(c2)c(=O)c(C(=O)OCC2OC(=O)OC2C)cn3C(COC)COC)cn1. The quantitative estimate of drug-likeness (QED) is 0.183. The summed E-state index contributed by atoms with van der Waals surface area (Å²) in [5, 5.41) is 6.00. The van der Waals surface area contributed by atoms with Gasteiger partial charge < -0.3 is 33.6 Å². The van der Waals surface area contributed by atoms with Gasteiger partial charge >= 0.3 is 24.3 Å². The summed E-state index contributed by atoms with van der Waals surface area (Å²) >= 11 is 0.740. The van der Waals surface area contributed by atoms with Crippen LogP contribution in [0.3, 0.4) is 0 Å². The van der Waals surface area contributed by atoms with E-state index in [4.69, 9.17) is 23.7 Å². The number of nitrogens with one attached hydrogen (secondary N) is 2. The number of rotatable bonds is 12. The number of amides is 2. The normalized spacial score (nSPS) is 16.0. The molecule has 0 saturated carbocycles. The summed E-state index contributed by atoms with van der Waals surface area (Å²) in [4.78, 5) is 59.1. The van der Waals surface area contributed by atoms with Crippen molar-refractivity contribution < 1.29 is 51.2 Å². The van der Waals surface area contributed by atoms with Crippen molar-refractivity contribution >= 4 is 46.2 Å². The number of halogens is 3. The predicted octanol–water partition coefficient (Wildman–Crippen LogP) is 5.26. The fourth-order valence-electron chi connectivity index (χ4n) is 5.22. The van der Waals surface area contributed by atoms with E-state index in [1.807, 2.05) is 0 Å². The highest BCUT2D eigenvalue weighted by atomic mass is 32.1. The molecule has 3 aromatic heterocycles.